The van der Waals surface area contributed by atoms with Gasteiger partial charge >= 0.3 is 0 Å². The fourth-order valence-electron chi connectivity index (χ4n) is 3.49. The van der Waals surface area contributed by atoms with Gasteiger partial charge in [-0.15, -0.1) is 0 Å². The number of aromatic amines is 2. The van der Waals surface area contributed by atoms with Crippen LogP contribution in [-0.4, -0.2) is 38.3 Å². The van der Waals surface area contributed by atoms with E-state index in [0.29, 0.717) is 12.5 Å². The lowest BCUT2D eigenvalue weighted by molar-refractivity contribution is 0.0964. The average Bonchev–Trinajstić information content (AvgIpc) is 3.44. The van der Waals surface area contributed by atoms with Crippen molar-refractivity contribution in [3.8, 4) is 0 Å². The number of carbonyl (C=O) groups excluding carboxylic acids is 2. The minimum absolute atomic E-state index is 0.0369. The molecule has 0 unspecified atom stereocenters. The fraction of sp³-hybridized carbons (Fsp3) is 0.100. The molecule has 0 radical (unpaired) electrons. The van der Waals surface area contributed by atoms with Gasteiger partial charge in [0, 0.05) is 12.2 Å². The maximum Gasteiger partial charge on any atom is 0.279 e. The van der Waals surface area contributed by atoms with Gasteiger partial charge in [0.05, 0.1) is 17.4 Å². The molecule has 1 aliphatic rings. The van der Waals surface area contributed by atoms with Gasteiger partial charge in [0.2, 0.25) is 5.95 Å². The molecule has 0 saturated heterocycles. The molecule has 1 aliphatic heterocycles. The van der Waals surface area contributed by atoms with E-state index in [0.717, 1.165) is 28.7 Å². The number of benzene rings is 2. The first-order valence-electron chi connectivity index (χ1n) is 8.90. The number of aromatic nitrogens is 4. The third-order valence-electron chi connectivity index (χ3n) is 4.82. The van der Waals surface area contributed by atoms with Gasteiger partial charge in [-0.05, 0) is 30.2 Å². The zero-order valence-corrected chi connectivity index (χ0v) is 14.8. The Balaban J connectivity index is 1.41. The summed E-state index contributed by atoms with van der Waals surface area (Å²) in [6.45, 7) is 0.571. The Hall–Kier alpha value is -3.94. The quantitative estimate of drug-likeness (QED) is 0.514. The topological polar surface area (TPSA) is 107 Å². The number of para-hydroxylation sites is 3. The number of rotatable bonds is 3. The predicted molar refractivity (Wildman–Crippen MR) is 104 cm³/mol. The summed E-state index contributed by atoms with van der Waals surface area (Å²) >= 11 is 0. The third-order valence-corrected chi connectivity index (χ3v) is 4.82. The molecule has 0 fully saturated rings. The minimum atomic E-state index is -0.504. The van der Waals surface area contributed by atoms with Crippen molar-refractivity contribution in [2.75, 3.05) is 16.8 Å². The van der Waals surface area contributed by atoms with E-state index in [1.807, 2.05) is 48.5 Å². The molecule has 8 nitrogen and oxygen atoms in total. The standard InChI is InChI=1S/C20H16N6O2/c27-18(25-20-23-13-6-2-3-7-14(13)24-20)16-17(22-11-21-16)19(28)26-10-9-12-5-1-4-8-15(12)26/h1-8,11H,9-10H2,(H,21,22)(H2,23,24,25,27). The van der Waals surface area contributed by atoms with E-state index in [9.17, 15) is 9.59 Å². The number of hydrogen-bond acceptors (Lipinski definition) is 4. The van der Waals surface area contributed by atoms with E-state index in [-0.39, 0.29) is 17.3 Å². The first kappa shape index (κ1) is 16.2. The molecule has 5 rings (SSSR count). The van der Waals surface area contributed by atoms with Crippen LogP contribution in [0, 0.1) is 0 Å². The molecule has 8 heteroatoms. The molecule has 0 spiro atoms. The van der Waals surface area contributed by atoms with Crippen LogP contribution in [0.5, 0.6) is 0 Å². The summed E-state index contributed by atoms with van der Waals surface area (Å²) in [6, 6.07) is 15.2. The summed E-state index contributed by atoms with van der Waals surface area (Å²) in [4.78, 5) is 41.6. The van der Waals surface area contributed by atoms with Crippen LogP contribution >= 0.6 is 0 Å². The van der Waals surface area contributed by atoms with Gasteiger partial charge in [-0.2, -0.15) is 0 Å². The van der Waals surface area contributed by atoms with Gasteiger partial charge < -0.3 is 14.9 Å². The summed E-state index contributed by atoms with van der Waals surface area (Å²) in [6.07, 6.45) is 2.14. The molecule has 138 valence electrons. The zero-order valence-electron chi connectivity index (χ0n) is 14.8. The molecular formula is C20H16N6O2. The number of hydrogen-bond donors (Lipinski definition) is 3. The Morgan fingerprint density at radius 2 is 1.89 bits per heavy atom. The Morgan fingerprint density at radius 1 is 1.07 bits per heavy atom. The molecule has 4 aromatic rings. The van der Waals surface area contributed by atoms with Crippen molar-refractivity contribution in [1.29, 1.82) is 0 Å². The SMILES string of the molecule is O=C(Nc1nc2ccccc2[nH]1)c1nc[nH]c1C(=O)N1CCc2ccccc21. The maximum atomic E-state index is 13.0. The molecule has 0 saturated carbocycles. The van der Waals surface area contributed by atoms with Crippen molar-refractivity contribution in [1.82, 2.24) is 19.9 Å². The van der Waals surface area contributed by atoms with E-state index < -0.39 is 5.91 Å². The molecular weight excluding hydrogens is 356 g/mol. The van der Waals surface area contributed by atoms with Crippen LogP contribution in [0.15, 0.2) is 54.9 Å². The van der Waals surface area contributed by atoms with Crippen molar-refractivity contribution in [2.24, 2.45) is 0 Å². The lowest BCUT2D eigenvalue weighted by atomic mass is 10.2. The number of imidazole rings is 2. The van der Waals surface area contributed by atoms with Gasteiger partial charge in [0.25, 0.3) is 11.8 Å². The van der Waals surface area contributed by atoms with Crippen LogP contribution in [0.25, 0.3) is 11.0 Å². The zero-order chi connectivity index (χ0) is 19.1. The molecule has 0 aliphatic carbocycles. The van der Waals surface area contributed by atoms with Crippen LogP contribution in [-0.2, 0) is 6.42 Å². The smallest absolute Gasteiger partial charge is 0.279 e. The number of carbonyl (C=O) groups is 2. The highest BCUT2D eigenvalue weighted by Gasteiger charge is 2.30. The van der Waals surface area contributed by atoms with Crippen molar-refractivity contribution in [3.63, 3.8) is 0 Å². The van der Waals surface area contributed by atoms with Crippen molar-refractivity contribution in [3.05, 3.63) is 71.8 Å². The summed E-state index contributed by atoms with van der Waals surface area (Å²) < 4.78 is 0. The Bertz CT molecular complexity index is 1180. The van der Waals surface area contributed by atoms with Gasteiger partial charge in [0.1, 0.15) is 5.69 Å². The molecule has 0 atom stereocenters. The summed E-state index contributed by atoms with van der Waals surface area (Å²) in [5.74, 6) is -0.479. The summed E-state index contributed by atoms with van der Waals surface area (Å²) in [7, 11) is 0. The predicted octanol–water partition coefficient (Wildman–Crippen LogP) is 2.74. The van der Waals surface area contributed by atoms with Gasteiger partial charge in [-0.1, -0.05) is 30.3 Å². The molecule has 2 amide bonds. The monoisotopic (exact) mass is 372 g/mol. The molecule has 3 heterocycles. The maximum absolute atomic E-state index is 13.0. The lowest BCUT2D eigenvalue weighted by Gasteiger charge is -2.16. The van der Waals surface area contributed by atoms with Gasteiger partial charge in [-0.3, -0.25) is 14.9 Å². The van der Waals surface area contributed by atoms with Crippen molar-refractivity contribution < 1.29 is 9.59 Å². The number of amides is 2. The van der Waals surface area contributed by atoms with Crippen LogP contribution in [0.4, 0.5) is 11.6 Å². The fourth-order valence-corrected chi connectivity index (χ4v) is 3.49. The Morgan fingerprint density at radius 3 is 2.79 bits per heavy atom. The number of fused-ring (bicyclic) bond motifs is 2. The molecule has 28 heavy (non-hydrogen) atoms. The minimum Gasteiger partial charge on any atom is -0.340 e. The van der Waals surface area contributed by atoms with E-state index in [4.69, 9.17) is 0 Å². The largest absolute Gasteiger partial charge is 0.340 e. The van der Waals surface area contributed by atoms with Crippen LogP contribution in [0.2, 0.25) is 0 Å². The highest BCUT2D eigenvalue weighted by molar-refractivity contribution is 6.14. The van der Waals surface area contributed by atoms with E-state index in [2.05, 4.69) is 25.3 Å². The van der Waals surface area contributed by atoms with Crippen molar-refractivity contribution >= 4 is 34.5 Å². The Kier molecular flexibility index (Phi) is 3.68. The number of nitrogens with zero attached hydrogens (tertiary/aromatic N) is 3. The summed E-state index contributed by atoms with van der Waals surface area (Å²) in [5.41, 5.74) is 3.73. The highest BCUT2D eigenvalue weighted by Crippen LogP contribution is 2.29. The number of H-pyrrole nitrogens is 2. The summed E-state index contributed by atoms with van der Waals surface area (Å²) in [5, 5.41) is 2.68. The third kappa shape index (κ3) is 2.62. The second-order valence-corrected chi connectivity index (χ2v) is 6.52. The van der Waals surface area contributed by atoms with E-state index in [1.54, 1.807) is 4.90 Å². The van der Waals surface area contributed by atoms with E-state index >= 15 is 0 Å². The number of nitrogens with one attached hydrogen (secondary N) is 3. The van der Waals surface area contributed by atoms with Crippen LogP contribution < -0.4 is 10.2 Å². The first-order chi connectivity index (χ1) is 13.7. The lowest BCUT2D eigenvalue weighted by Crippen LogP contribution is -2.31. The second-order valence-electron chi connectivity index (χ2n) is 6.52. The van der Waals surface area contributed by atoms with Crippen LogP contribution in [0.1, 0.15) is 26.5 Å². The molecule has 3 N–H and O–H groups in total. The normalized spacial score (nSPS) is 12.9. The molecule has 2 aromatic heterocycles. The first-order valence-corrected chi connectivity index (χ1v) is 8.90. The van der Waals surface area contributed by atoms with Crippen molar-refractivity contribution in [2.45, 2.75) is 6.42 Å². The second kappa shape index (κ2) is 6.34. The molecule has 0 bridgehead atoms. The number of anilines is 2. The average molecular weight is 372 g/mol. The van der Waals surface area contributed by atoms with E-state index in [1.165, 1.54) is 6.33 Å². The Labute approximate surface area is 159 Å². The molecule has 2 aromatic carbocycles. The van der Waals surface area contributed by atoms with Crippen LogP contribution in [0.3, 0.4) is 0 Å². The van der Waals surface area contributed by atoms with Gasteiger partial charge in [-0.25, -0.2) is 9.97 Å². The highest BCUT2D eigenvalue weighted by atomic mass is 16.2. The van der Waals surface area contributed by atoms with Gasteiger partial charge in [0.15, 0.2) is 5.69 Å².